The van der Waals surface area contributed by atoms with Crippen molar-refractivity contribution in [2.24, 2.45) is 0 Å². The molecule has 0 bridgehead atoms. The fourth-order valence-corrected chi connectivity index (χ4v) is 3.16. The predicted octanol–water partition coefficient (Wildman–Crippen LogP) is 2.41. The monoisotopic (exact) mass is 290 g/mol. The molecule has 0 fully saturated rings. The van der Waals surface area contributed by atoms with Crippen molar-refractivity contribution < 1.29 is 9.90 Å². The highest BCUT2D eigenvalue weighted by Crippen LogP contribution is 2.34. The molecule has 0 radical (unpaired) electrons. The van der Waals surface area contributed by atoms with E-state index >= 15 is 0 Å². The third-order valence-corrected chi connectivity index (χ3v) is 4.26. The lowest BCUT2D eigenvalue weighted by molar-refractivity contribution is 0.0748. The second-order valence-electron chi connectivity index (χ2n) is 4.61. The van der Waals surface area contributed by atoms with Gasteiger partial charge in [0.1, 0.15) is 4.88 Å². The van der Waals surface area contributed by atoms with Crippen molar-refractivity contribution in [1.29, 1.82) is 0 Å². The van der Waals surface area contributed by atoms with E-state index in [-0.39, 0.29) is 19.1 Å². The Kier molecular flexibility index (Phi) is 4.42. The second-order valence-corrected chi connectivity index (χ2v) is 5.66. The minimum atomic E-state index is -0.157. The molecule has 0 saturated heterocycles. The van der Waals surface area contributed by atoms with E-state index < -0.39 is 0 Å². The van der Waals surface area contributed by atoms with Gasteiger partial charge in [-0.3, -0.25) is 4.79 Å². The van der Waals surface area contributed by atoms with E-state index in [4.69, 9.17) is 10.8 Å². The van der Waals surface area contributed by atoms with Crippen LogP contribution < -0.4 is 5.73 Å². The van der Waals surface area contributed by atoms with Crippen LogP contribution in [0.15, 0.2) is 30.9 Å². The number of fused-ring (bicyclic) bond motifs is 1. The Morgan fingerprint density at radius 3 is 2.95 bits per heavy atom. The van der Waals surface area contributed by atoms with Crippen molar-refractivity contribution in [3.63, 3.8) is 0 Å². The number of hydrogen-bond donors (Lipinski definition) is 2. The Balaban J connectivity index is 2.43. The predicted molar refractivity (Wildman–Crippen MR) is 84.2 cm³/mol. The lowest BCUT2D eigenvalue weighted by Crippen LogP contribution is -2.33. The molecule has 3 N–H and O–H groups in total. The number of aryl methyl sites for hydroxylation is 1. The molecule has 2 rings (SSSR count). The minimum absolute atomic E-state index is 0.0799. The van der Waals surface area contributed by atoms with Crippen molar-refractivity contribution in [2.75, 3.05) is 25.4 Å². The molecular formula is C15H18N2O2S. The fraction of sp³-hybridized carbons (Fsp3) is 0.267. The van der Waals surface area contributed by atoms with Crippen LogP contribution in [0.4, 0.5) is 5.69 Å². The standard InChI is InChI=1S/C15H18N2O2S/c1-3-6-17(7-8-18)15(19)14-13(16)11-9-10(2)4-5-12(11)20-14/h3-5,9,18H,1,6-8,16H2,2H3. The molecule has 20 heavy (non-hydrogen) atoms. The van der Waals surface area contributed by atoms with Crippen LogP contribution in [0.25, 0.3) is 10.1 Å². The highest BCUT2D eigenvalue weighted by Gasteiger charge is 2.21. The zero-order valence-corrected chi connectivity index (χ0v) is 12.2. The molecule has 0 saturated carbocycles. The summed E-state index contributed by atoms with van der Waals surface area (Å²) in [7, 11) is 0. The van der Waals surface area contributed by atoms with Gasteiger partial charge in [0.2, 0.25) is 0 Å². The fourth-order valence-electron chi connectivity index (χ4n) is 2.09. The molecule has 4 nitrogen and oxygen atoms in total. The summed E-state index contributed by atoms with van der Waals surface area (Å²) in [4.78, 5) is 14.6. The van der Waals surface area contributed by atoms with Gasteiger partial charge in [0.25, 0.3) is 5.91 Å². The zero-order chi connectivity index (χ0) is 14.7. The summed E-state index contributed by atoms with van der Waals surface area (Å²) in [6.45, 7) is 6.22. The van der Waals surface area contributed by atoms with Gasteiger partial charge < -0.3 is 15.7 Å². The van der Waals surface area contributed by atoms with Crippen molar-refractivity contribution in [2.45, 2.75) is 6.92 Å². The quantitative estimate of drug-likeness (QED) is 0.831. The molecule has 0 unspecified atom stereocenters. The van der Waals surface area contributed by atoms with E-state index in [1.54, 1.807) is 11.0 Å². The van der Waals surface area contributed by atoms with E-state index in [9.17, 15) is 4.79 Å². The Morgan fingerprint density at radius 1 is 1.55 bits per heavy atom. The van der Waals surface area contributed by atoms with Crippen LogP contribution in [0.1, 0.15) is 15.2 Å². The van der Waals surface area contributed by atoms with Crippen molar-refractivity contribution in [3.8, 4) is 0 Å². The molecule has 0 atom stereocenters. The maximum Gasteiger partial charge on any atom is 0.266 e. The smallest absolute Gasteiger partial charge is 0.266 e. The third kappa shape index (κ3) is 2.69. The van der Waals surface area contributed by atoms with E-state index in [1.165, 1.54) is 11.3 Å². The molecule has 0 aliphatic rings. The Bertz CT molecular complexity index is 649. The van der Waals surface area contributed by atoms with Gasteiger partial charge in [-0.05, 0) is 19.1 Å². The summed E-state index contributed by atoms with van der Waals surface area (Å²) in [5, 5.41) is 9.97. The first-order chi connectivity index (χ1) is 9.58. The van der Waals surface area contributed by atoms with Crippen molar-refractivity contribution in [1.82, 2.24) is 4.90 Å². The van der Waals surface area contributed by atoms with Gasteiger partial charge in [-0.15, -0.1) is 17.9 Å². The first-order valence-electron chi connectivity index (χ1n) is 6.38. The van der Waals surface area contributed by atoms with Crippen LogP contribution in [0.5, 0.6) is 0 Å². The van der Waals surface area contributed by atoms with Gasteiger partial charge in [-0.2, -0.15) is 0 Å². The lowest BCUT2D eigenvalue weighted by atomic mass is 10.1. The van der Waals surface area contributed by atoms with Gasteiger partial charge in [0, 0.05) is 23.2 Å². The molecule has 2 aromatic rings. The Morgan fingerprint density at radius 2 is 2.30 bits per heavy atom. The largest absolute Gasteiger partial charge is 0.397 e. The van der Waals surface area contributed by atoms with Crippen LogP contribution >= 0.6 is 11.3 Å². The molecule has 0 spiro atoms. The number of nitrogen functional groups attached to an aromatic ring is 1. The maximum atomic E-state index is 12.5. The first kappa shape index (κ1) is 14.6. The van der Waals surface area contributed by atoms with Gasteiger partial charge in [-0.1, -0.05) is 17.7 Å². The highest BCUT2D eigenvalue weighted by atomic mass is 32.1. The average molecular weight is 290 g/mol. The van der Waals surface area contributed by atoms with Crippen LogP contribution in [0, 0.1) is 6.92 Å². The highest BCUT2D eigenvalue weighted by molar-refractivity contribution is 7.21. The molecule has 1 amide bonds. The van der Waals surface area contributed by atoms with E-state index in [0.29, 0.717) is 17.1 Å². The number of carbonyl (C=O) groups excluding carboxylic acids is 1. The molecule has 1 heterocycles. The van der Waals surface area contributed by atoms with Crippen molar-refractivity contribution >= 4 is 33.0 Å². The summed E-state index contributed by atoms with van der Waals surface area (Å²) in [6, 6.07) is 5.97. The number of nitrogens with zero attached hydrogens (tertiary/aromatic N) is 1. The molecular weight excluding hydrogens is 272 g/mol. The number of carbonyl (C=O) groups is 1. The van der Waals surface area contributed by atoms with Crippen LogP contribution in [0.3, 0.4) is 0 Å². The molecule has 0 aliphatic heterocycles. The summed E-state index contributed by atoms with van der Waals surface area (Å²) in [6.07, 6.45) is 1.64. The number of hydrogen-bond acceptors (Lipinski definition) is 4. The number of aliphatic hydroxyl groups excluding tert-OH is 1. The topological polar surface area (TPSA) is 66.6 Å². The molecule has 1 aromatic heterocycles. The number of rotatable bonds is 5. The average Bonchev–Trinajstić information content (AvgIpc) is 2.75. The summed E-state index contributed by atoms with van der Waals surface area (Å²) in [5.41, 5.74) is 7.74. The lowest BCUT2D eigenvalue weighted by Gasteiger charge is -2.19. The first-order valence-corrected chi connectivity index (χ1v) is 7.19. The molecule has 1 aromatic carbocycles. The maximum absolute atomic E-state index is 12.5. The number of thiophene rings is 1. The van der Waals surface area contributed by atoms with Gasteiger partial charge in [-0.25, -0.2) is 0 Å². The summed E-state index contributed by atoms with van der Waals surface area (Å²) >= 11 is 1.39. The number of aliphatic hydroxyl groups is 1. The summed E-state index contributed by atoms with van der Waals surface area (Å²) < 4.78 is 0.999. The number of amides is 1. The van der Waals surface area contributed by atoms with Gasteiger partial charge >= 0.3 is 0 Å². The van der Waals surface area contributed by atoms with Gasteiger partial charge in [0.05, 0.1) is 12.3 Å². The molecule has 0 aliphatic carbocycles. The number of anilines is 1. The molecule has 5 heteroatoms. The van der Waals surface area contributed by atoms with E-state index in [2.05, 4.69) is 6.58 Å². The van der Waals surface area contributed by atoms with Crippen molar-refractivity contribution in [3.05, 3.63) is 41.3 Å². The van der Waals surface area contributed by atoms with Crippen LogP contribution in [0.2, 0.25) is 0 Å². The van der Waals surface area contributed by atoms with Crippen LogP contribution in [-0.2, 0) is 0 Å². The Labute approximate surface area is 122 Å². The van der Waals surface area contributed by atoms with Crippen LogP contribution in [-0.4, -0.2) is 35.6 Å². The van der Waals surface area contributed by atoms with E-state index in [1.807, 2.05) is 25.1 Å². The number of nitrogens with two attached hydrogens (primary N) is 1. The Hall–Kier alpha value is -1.85. The van der Waals surface area contributed by atoms with E-state index in [0.717, 1.165) is 15.6 Å². The second kappa shape index (κ2) is 6.07. The van der Waals surface area contributed by atoms with Gasteiger partial charge in [0.15, 0.2) is 0 Å². The number of benzene rings is 1. The molecule has 106 valence electrons. The third-order valence-electron chi connectivity index (χ3n) is 3.08. The zero-order valence-electron chi connectivity index (χ0n) is 11.4. The summed E-state index contributed by atoms with van der Waals surface area (Å²) in [5.74, 6) is -0.157. The minimum Gasteiger partial charge on any atom is -0.397 e. The normalized spacial score (nSPS) is 10.7. The SMILES string of the molecule is C=CCN(CCO)C(=O)c1sc2ccc(C)cc2c1N.